The zero-order chi connectivity index (χ0) is 36.2. The molecule has 270 valence electrons. The molecule has 2 N–H and O–H groups in total. The minimum atomic E-state index is -4.05. The van der Waals surface area contributed by atoms with Gasteiger partial charge < -0.3 is 14.1 Å². The van der Waals surface area contributed by atoms with Gasteiger partial charge in [0.1, 0.15) is 0 Å². The summed E-state index contributed by atoms with van der Waals surface area (Å²) in [5.74, 6) is 1.35. The molecule has 0 bridgehead atoms. The van der Waals surface area contributed by atoms with Gasteiger partial charge in [-0.25, -0.2) is 0 Å². The number of nitrogens with zero attached hydrogens (tertiary/aromatic N) is 2. The van der Waals surface area contributed by atoms with Crippen molar-refractivity contribution in [3.63, 3.8) is 0 Å². The molecule has 0 atom stereocenters. The molecule has 1 aliphatic heterocycles. The second-order valence-corrected chi connectivity index (χ2v) is 17.4. The number of unbranched alkanes of at least 4 members (excludes halogenated alkanes) is 2. The molecule has 0 spiro atoms. The molecule has 4 rings (SSSR count). The molecule has 1 aromatic heterocycles. The Morgan fingerprint density at radius 3 is 2.02 bits per heavy atom. The molecule has 0 amide bonds. The fourth-order valence-electron chi connectivity index (χ4n) is 5.80. The number of rotatable bonds is 17. The van der Waals surface area contributed by atoms with Gasteiger partial charge in [0.25, 0.3) is 25.8 Å². The van der Waals surface area contributed by atoms with Crippen LogP contribution < -0.4 is 14.2 Å². The molecule has 12 heteroatoms. The van der Waals surface area contributed by atoms with Crippen LogP contribution in [0.1, 0.15) is 110 Å². The van der Waals surface area contributed by atoms with Gasteiger partial charge in [0.05, 0.1) is 23.3 Å². The van der Waals surface area contributed by atoms with Gasteiger partial charge in [-0.05, 0) is 84.3 Å². The van der Waals surface area contributed by atoms with E-state index in [2.05, 4.69) is 75.3 Å². The van der Waals surface area contributed by atoms with Crippen LogP contribution in [0.2, 0.25) is 0 Å². The molecule has 2 heterocycles. The van der Waals surface area contributed by atoms with Crippen LogP contribution in [0.5, 0.6) is 5.75 Å². The third-order valence-electron chi connectivity index (χ3n) is 9.89. The highest BCUT2D eigenvalue weighted by Crippen LogP contribution is 2.43. The quantitative estimate of drug-likeness (QED) is 0.0809. The zero-order valence-corrected chi connectivity index (χ0v) is 31.6. The van der Waals surface area contributed by atoms with Gasteiger partial charge in [0.2, 0.25) is 11.5 Å². The van der Waals surface area contributed by atoms with Crippen molar-refractivity contribution in [3.8, 4) is 5.75 Å². The number of benzene rings is 2. The third-order valence-corrected chi connectivity index (χ3v) is 11.5. The Morgan fingerprint density at radius 1 is 0.837 bits per heavy atom. The number of hydrogen-bond acceptors (Lipinski definition) is 7. The van der Waals surface area contributed by atoms with Crippen LogP contribution in [0.25, 0.3) is 17.2 Å². The summed E-state index contributed by atoms with van der Waals surface area (Å²) in [4.78, 5) is 2.07. The normalized spacial score (nSPS) is 15.3. The summed E-state index contributed by atoms with van der Waals surface area (Å²) in [6.07, 6.45) is 8.19. The topological polar surface area (TPSA) is 138 Å². The van der Waals surface area contributed by atoms with Crippen molar-refractivity contribution in [2.45, 2.75) is 111 Å². The summed E-state index contributed by atoms with van der Waals surface area (Å²) in [6.45, 7) is 16.2. The Kier molecular flexibility index (Phi) is 12.1. The zero-order valence-electron chi connectivity index (χ0n) is 30.0. The largest absolute Gasteiger partial charge is 0.439 e. The van der Waals surface area contributed by atoms with Gasteiger partial charge in [-0.1, -0.05) is 60.6 Å². The molecule has 10 nitrogen and oxygen atoms in total. The van der Waals surface area contributed by atoms with Crippen LogP contribution >= 0.6 is 0 Å². The van der Waals surface area contributed by atoms with E-state index in [0.29, 0.717) is 57.0 Å². The summed E-state index contributed by atoms with van der Waals surface area (Å²) in [5, 5.41) is 0. The fourth-order valence-corrected chi connectivity index (χ4v) is 6.94. The van der Waals surface area contributed by atoms with Gasteiger partial charge >= 0.3 is 5.89 Å². The van der Waals surface area contributed by atoms with Gasteiger partial charge in [-0.2, -0.15) is 21.4 Å². The average Bonchev–Trinajstić information content (AvgIpc) is 3.55. The molecule has 3 aromatic rings. The molecule has 0 unspecified atom stereocenters. The second kappa shape index (κ2) is 15.4. The van der Waals surface area contributed by atoms with E-state index in [1.54, 1.807) is 0 Å². The van der Waals surface area contributed by atoms with Crippen molar-refractivity contribution < 1.29 is 39.7 Å². The first kappa shape index (κ1) is 38.6. The van der Waals surface area contributed by atoms with Crippen LogP contribution in [0.15, 0.2) is 58.3 Å². The smallest absolute Gasteiger partial charge is 0.374 e. The summed E-state index contributed by atoms with van der Waals surface area (Å²) in [7, 11) is -8.11. The number of aryl methyl sites for hydroxylation is 1. The predicted octanol–water partition coefficient (Wildman–Crippen LogP) is 7.97. The third kappa shape index (κ3) is 9.96. The van der Waals surface area contributed by atoms with E-state index >= 15 is 0 Å². The van der Waals surface area contributed by atoms with Crippen molar-refractivity contribution in [2.75, 3.05) is 23.0 Å². The summed E-state index contributed by atoms with van der Waals surface area (Å²) < 4.78 is 79.0. The first-order valence-electron chi connectivity index (χ1n) is 17.3. The molecule has 0 aliphatic carbocycles. The summed E-state index contributed by atoms with van der Waals surface area (Å²) in [6, 6.07) is 12.4. The standard InChI is InChI=1S/C37H52N2O8S2/c1-8-27(23-34-38(19-11-13-21-48(40,41)42)30-25-28(36(4,5)9-2)15-17-32(30)46-34)24-35-39(20-12-14-22-49(43,44)45)31-26-29(37(6,7)10-3)16-18-33(31)47-35/h15-18,23-26H,8-14,19-22H2,1-7H3,(H-,40,41,42,43,44,45)/p+1. The van der Waals surface area contributed by atoms with E-state index in [-0.39, 0.29) is 22.3 Å². The molecule has 1 aliphatic rings. The van der Waals surface area contributed by atoms with Crippen molar-refractivity contribution in [1.29, 1.82) is 0 Å². The maximum Gasteiger partial charge on any atom is 0.374 e. The lowest BCUT2D eigenvalue weighted by atomic mass is 9.82. The monoisotopic (exact) mass is 717 g/mol. The van der Waals surface area contributed by atoms with E-state index in [4.69, 9.17) is 9.15 Å². The van der Waals surface area contributed by atoms with Crippen LogP contribution in [-0.4, -0.2) is 44.0 Å². The highest BCUT2D eigenvalue weighted by Gasteiger charge is 2.30. The maximum absolute atomic E-state index is 11.4. The Hall–Kier alpha value is -3.19. The SMILES string of the molecule is CCC(=Cc1oc2ccc(C(C)(C)CC)cc2[n+]1CCCCS(=O)(=O)O)C=C1Oc2ccc(C(C)(C)CC)cc2N1CCCCS(=O)(=O)O. The first-order valence-corrected chi connectivity index (χ1v) is 20.5. The number of allylic oxidation sites excluding steroid dienone is 2. The van der Waals surface area contributed by atoms with Crippen molar-refractivity contribution in [2.24, 2.45) is 0 Å². The van der Waals surface area contributed by atoms with Crippen molar-refractivity contribution in [1.82, 2.24) is 0 Å². The Labute approximate surface area is 292 Å². The fraction of sp³-hybridized carbons (Fsp3) is 0.541. The van der Waals surface area contributed by atoms with E-state index in [9.17, 15) is 25.9 Å². The van der Waals surface area contributed by atoms with Crippen LogP contribution in [-0.2, 0) is 37.6 Å². The van der Waals surface area contributed by atoms with Gasteiger partial charge in [0, 0.05) is 25.1 Å². The van der Waals surface area contributed by atoms with E-state index in [0.717, 1.165) is 41.0 Å². The highest BCUT2D eigenvalue weighted by atomic mass is 32.2. The first-order chi connectivity index (χ1) is 22.9. The Balaban J connectivity index is 1.76. The Bertz CT molecular complexity index is 1920. The minimum Gasteiger partial charge on any atom is -0.439 e. The molecule has 49 heavy (non-hydrogen) atoms. The summed E-state index contributed by atoms with van der Waals surface area (Å²) >= 11 is 0. The van der Waals surface area contributed by atoms with E-state index < -0.39 is 20.2 Å². The lowest BCUT2D eigenvalue weighted by molar-refractivity contribution is -0.678. The minimum absolute atomic E-state index is 0.0465. The molecular formula is C37H53N2O8S2+. The molecule has 0 radical (unpaired) electrons. The number of fused-ring (bicyclic) bond motifs is 2. The van der Waals surface area contributed by atoms with Crippen LogP contribution in [0.4, 0.5) is 5.69 Å². The Morgan fingerprint density at radius 2 is 1.43 bits per heavy atom. The van der Waals surface area contributed by atoms with E-state index in [1.807, 2.05) is 31.2 Å². The second-order valence-electron chi connectivity index (χ2n) is 14.2. The average molecular weight is 718 g/mol. The van der Waals surface area contributed by atoms with Crippen molar-refractivity contribution >= 4 is 43.1 Å². The van der Waals surface area contributed by atoms with Crippen LogP contribution in [0.3, 0.4) is 0 Å². The maximum atomic E-state index is 11.4. The lowest BCUT2D eigenvalue weighted by Crippen LogP contribution is -2.36. The van der Waals surface area contributed by atoms with E-state index in [1.165, 1.54) is 11.1 Å². The summed E-state index contributed by atoms with van der Waals surface area (Å²) in [5.41, 5.74) is 5.74. The number of oxazole rings is 1. The van der Waals surface area contributed by atoms with Gasteiger partial charge in [0.15, 0.2) is 12.3 Å². The number of ether oxygens (including phenoxy) is 1. The van der Waals surface area contributed by atoms with Gasteiger partial charge in [-0.15, -0.1) is 0 Å². The number of aromatic nitrogens is 1. The highest BCUT2D eigenvalue weighted by molar-refractivity contribution is 7.86. The molecule has 0 saturated heterocycles. The molecule has 2 aromatic carbocycles. The lowest BCUT2D eigenvalue weighted by Gasteiger charge is -2.25. The molecule has 0 saturated carbocycles. The molecule has 0 fully saturated rings. The van der Waals surface area contributed by atoms with Gasteiger partial charge in [-0.3, -0.25) is 9.11 Å². The number of hydrogen-bond donors (Lipinski definition) is 2. The van der Waals surface area contributed by atoms with Crippen molar-refractivity contribution in [3.05, 3.63) is 70.9 Å². The number of anilines is 1. The predicted molar refractivity (Wildman–Crippen MR) is 195 cm³/mol. The molecular weight excluding hydrogens is 665 g/mol. The van der Waals surface area contributed by atoms with Crippen LogP contribution in [0, 0.1) is 0 Å².